The van der Waals surface area contributed by atoms with Crippen LogP contribution in [-0.2, 0) is 0 Å². The maximum Gasteiger partial charge on any atom is 0.165 e. The summed E-state index contributed by atoms with van der Waals surface area (Å²) in [7, 11) is 0. The zero-order valence-corrected chi connectivity index (χ0v) is 28.0. The van der Waals surface area contributed by atoms with E-state index in [-0.39, 0.29) is 28.6 Å². The first kappa shape index (κ1) is 20.5. The van der Waals surface area contributed by atoms with Gasteiger partial charge < -0.3 is 4.57 Å². The molecule has 4 heterocycles. The van der Waals surface area contributed by atoms with Crippen LogP contribution >= 0.6 is 22.7 Å². The molecule has 4 nitrogen and oxygen atoms in total. The second-order valence-corrected chi connectivity index (χ2v) is 14.2. The van der Waals surface area contributed by atoms with E-state index in [1.54, 1.807) is 17.4 Å². The Kier molecular flexibility index (Phi) is 4.47. The molecule has 4 aromatic heterocycles. The normalized spacial score (nSPS) is 14.7. The summed E-state index contributed by atoms with van der Waals surface area (Å²) in [6.07, 6.45) is 0. The first-order chi connectivity index (χ1) is 29.4. The molecule has 0 radical (unpaired) electrons. The van der Waals surface area contributed by atoms with Crippen LogP contribution in [0.5, 0.6) is 0 Å². The maximum atomic E-state index is 8.70. The molecule has 0 fully saturated rings. The molecule has 6 heteroatoms. The third-order valence-electron chi connectivity index (χ3n) is 9.24. The lowest BCUT2D eigenvalue weighted by atomic mass is 10.1. The molecule has 0 saturated carbocycles. The number of hydrogen-bond acceptors (Lipinski definition) is 5. The van der Waals surface area contributed by atoms with E-state index in [2.05, 4.69) is 88.4 Å². The summed E-state index contributed by atoms with van der Waals surface area (Å²) < 4.78 is 90.8. The van der Waals surface area contributed by atoms with Crippen LogP contribution in [0.3, 0.4) is 0 Å². The quantitative estimate of drug-likeness (QED) is 0.184. The Morgan fingerprint density at radius 2 is 1.02 bits per heavy atom. The second-order valence-electron chi connectivity index (χ2n) is 12.1. The minimum Gasteiger partial charge on any atom is -0.309 e. The molecular formula is C45H26N4S2. The van der Waals surface area contributed by atoms with E-state index in [0.29, 0.717) is 5.56 Å². The highest BCUT2D eigenvalue weighted by Gasteiger charge is 2.19. The lowest BCUT2D eigenvalue weighted by Crippen LogP contribution is -2.00. The number of benzene rings is 7. The van der Waals surface area contributed by atoms with Crippen LogP contribution in [0, 0.1) is 0 Å². The molecule has 0 aliphatic rings. The average molecular weight is 697 g/mol. The van der Waals surface area contributed by atoms with E-state index < -0.39 is 60.4 Å². The van der Waals surface area contributed by atoms with Crippen molar-refractivity contribution in [1.82, 2.24) is 19.5 Å². The summed E-state index contributed by atoms with van der Waals surface area (Å²) in [5, 5.41) is 6.56. The molecule has 11 aromatic rings. The Hall–Kier alpha value is -6.21. The summed E-state index contributed by atoms with van der Waals surface area (Å²) in [6.45, 7) is 0. The molecule has 238 valence electrons. The zero-order chi connectivity index (χ0) is 42.2. The molecule has 0 saturated heterocycles. The van der Waals surface area contributed by atoms with Crippen molar-refractivity contribution in [2.45, 2.75) is 0 Å². The van der Waals surface area contributed by atoms with Crippen molar-refractivity contribution in [3.05, 3.63) is 157 Å². The first-order valence-corrected chi connectivity index (χ1v) is 17.8. The number of hydrogen-bond donors (Lipinski definition) is 0. The van der Waals surface area contributed by atoms with Gasteiger partial charge in [-0.05, 0) is 42.5 Å². The van der Waals surface area contributed by atoms with Crippen LogP contribution in [-0.4, -0.2) is 19.5 Å². The van der Waals surface area contributed by atoms with Crippen LogP contribution < -0.4 is 0 Å². The van der Waals surface area contributed by atoms with Crippen LogP contribution in [0.15, 0.2) is 157 Å². The van der Waals surface area contributed by atoms with Gasteiger partial charge in [0.15, 0.2) is 17.5 Å². The van der Waals surface area contributed by atoms with E-state index in [0.717, 1.165) is 57.1 Å². The number of nitrogens with zero attached hydrogens (tertiary/aromatic N) is 4. The Balaban J connectivity index is 1.11. The molecule has 0 aliphatic carbocycles. The number of thiophene rings is 2. The smallest absolute Gasteiger partial charge is 0.165 e. The number of fused-ring (bicyclic) bond motifs is 9. The second kappa shape index (κ2) is 11.2. The van der Waals surface area contributed by atoms with Crippen molar-refractivity contribution in [2.24, 2.45) is 0 Å². The molecule has 0 unspecified atom stereocenters. The van der Waals surface area contributed by atoms with Crippen molar-refractivity contribution in [1.29, 1.82) is 0 Å². The minimum atomic E-state index is -0.593. The van der Waals surface area contributed by atoms with Gasteiger partial charge in [0.05, 0.1) is 24.7 Å². The fourth-order valence-corrected chi connectivity index (χ4v) is 9.48. The van der Waals surface area contributed by atoms with Crippen molar-refractivity contribution < 1.29 is 13.7 Å². The molecule has 7 aromatic carbocycles. The van der Waals surface area contributed by atoms with Crippen molar-refractivity contribution in [3.8, 4) is 39.9 Å². The monoisotopic (exact) mass is 696 g/mol. The Morgan fingerprint density at radius 1 is 0.451 bits per heavy atom. The van der Waals surface area contributed by atoms with Crippen molar-refractivity contribution >= 4 is 84.8 Å². The van der Waals surface area contributed by atoms with E-state index in [4.69, 9.17) is 23.7 Å². The van der Waals surface area contributed by atoms with Gasteiger partial charge in [-0.3, -0.25) is 0 Å². The van der Waals surface area contributed by atoms with Gasteiger partial charge in [0.1, 0.15) is 0 Å². The fourth-order valence-electron chi connectivity index (χ4n) is 7.02. The van der Waals surface area contributed by atoms with E-state index >= 15 is 0 Å². The molecule has 0 amide bonds. The average Bonchev–Trinajstić information content (AvgIpc) is 3.94. The van der Waals surface area contributed by atoms with Gasteiger partial charge in [-0.2, -0.15) is 0 Å². The predicted molar refractivity (Wildman–Crippen MR) is 216 cm³/mol. The maximum absolute atomic E-state index is 8.70. The predicted octanol–water partition coefficient (Wildman–Crippen LogP) is 12.7. The lowest BCUT2D eigenvalue weighted by Gasteiger charge is -2.09. The molecule has 51 heavy (non-hydrogen) atoms. The number of para-hydroxylation sites is 2. The highest BCUT2D eigenvalue weighted by Crippen LogP contribution is 2.45. The molecule has 11 rings (SSSR count). The summed E-state index contributed by atoms with van der Waals surface area (Å²) in [6, 6.07) is 27.8. The van der Waals surface area contributed by atoms with E-state index in [1.807, 2.05) is 12.1 Å². The standard InChI is InChI=1S/C45H26N4S2/c1-3-12-27(13-4-1)43-46-44(28-14-5-2-6-15-28)48-45(47-43)34-19-11-18-33-36-25-35-32-23-22-29(24-39(32)50-40(35)26-41(36)51-42(33)34)49-37-20-9-7-16-30(37)31-17-8-10-21-38(31)49/h1-26H/i1D,2D,3D,4D,5D,6D,12D,13D,14D,15D. The van der Waals surface area contributed by atoms with Gasteiger partial charge in [0.2, 0.25) is 0 Å². The summed E-state index contributed by atoms with van der Waals surface area (Å²) in [5.41, 5.74) is 3.29. The van der Waals surface area contributed by atoms with Gasteiger partial charge in [0.25, 0.3) is 0 Å². The third-order valence-corrected chi connectivity index (χ3v) is 11.6. The van der Waals surface area contributed by atoms with Gasteiger partial charge in [-0.1, -0.05) is 115 Å². The largest absolute Gasteiger partial charge is 0.309 e. The molecule has 0 bridgehead atoms. The number of aromatic nitrogens is 4. The third kappa shape index (κ3) is 4.47. The van der Waals surface area contributed by atoms with Gasteiger partial charge in [0, 0.05) is 73.5 Å². The zero-order valence-electron chi connectivity index (χ0n) is 36.3. The molecule has 0 aliphatic heterocycles. The molecule has 0 spiro atoms. The van der Waals surface area contributed by atoms with Crippen molar-refractivity contribution in [3.63, 3.8) is 0 Å². The highest BCUT2D eigenvalue weighted by atomic mass is 32.1. The van der Waals surface area contributed by atoms with E-state index in [9.17, 15) is 0 Å². The van der Waals surface area contributed by atoms with Crippen LogP contribution in [0.4, 0.5) is 0 Å². The minimum absolute atomic E-state index is 0.0422. The SMILES string of the molecule is [2H]c1c([2H])c([2H])c(-c2nc(-c3c([2H])c([2H])c([2H])c([2H])c3[2H])nc(-c3cccc4c3sc3cc5sc6cc(-n7c8ccccc8c8ccccc87)ccc6c5cc34)n2)c([2H])c1[2H]. The molecular weight excluding hydrogens is 661 g/mol. The van der Waals surface area contributed by atoms with Gasteiger partial charge in [-0.25, -0.2) is 15.0 Å². The van der Waals surface area contributed by atoms with Crippen LogP contribution in [0.25, 0.3) is 102 Å². The van der Waals surface area contributed by atoms with E-state index in [1.165, 1.54) is 22.1 Å². The topological polar surface area (TPSA) is 43.6 Å². The summed E-state index contributed by atoms with van der Waals surface area (Å²) >= 11 is 3.25. The Bertz CT molecular complexity index is 3550. The first-order valence-electron chi connectivity index (χ1n) is 21.1. The Labute approximate surface area is 314 Å². The van der Waals surface area contributed by atoms with Crippen LogP contribution in [0.2, 0.25) is 0 Å². The fraction of sp³-hybridized carbons (Fsp3) is 0. The van der Waals surface area contributed by atoms with Gasteiger partial charge >= 0.3 is 0 Å². The van der Waals surface area contributed by atoms with Crippen LogP contribution in [0.1, 0.15) is 13.7 Å². The molecule has 0 atom stereocenters. The lowest BCUT2D eigenvalue weighted by molar-refractivity contribution is 1.08. The number of rotatable bonds is 4. The highest BCUT2D eigenvalue weighted by molar-refractivity contribution is 7.28. The summed E-state index contributed by atoms with van der Waals surface area (Å²) in [4.78, 5) is 13.8. The summed E-state index contributed by atoms with van der Waals surface area (Å²) in [5.74, 6) is -0.552. The van der Waals surface area contributed by atoms with Gasteiger partial charge in [-0.15, -0.1) is 22.7 Å². The Morgan fingerprint density at radius 3 is 1.71 bits per heavy atom. The molecule has 0 N–H and O–H groups in total. The van der Waals surface area contributed by atoms with Crippen molar-refractivity contribution in [2.75, 3.05) is 0 Å².